The Kier molecular flexibility index (Phi) is 5.90. The maximum Gasteiger partial charge on any atom is 0.133 e. The fraction of sp³-hybridized carbons (Fsp3) is 0. The Bertz CT molecular complexity index is 2580. The van der Waals surface area contributed by atoms with Gasteiger partial charge in [0.2, 0.25) is 0 Å². The minimum Gasteiger partial charge on any atom is -0.354 e. The van der Waals surface area contributed by atoms with Gasteiger partial charge in [-0.1, -0.05) is 109 Å². The minimum absolute atomic E-state index is 0.369. The van der Waals surface area contributed by atoms with Crippen LogP contribution in [0.2, 0.25) is 0 Å². The molecular formula is C42H26F2N2. The topological polar surface area (TPSA) is 20.7 Å². The zero-order valence-corrected chi connectivity index (χ0v) is 24.6. The Balaban J connectivity index is 1.49. The minimum atomic E-state index is -0.589. The second kappa shape index (κ2) is 10.3. The molecule has 0 aliphatic heterocycles. The van der Waals surface area contributed by atoms with Crippen molar-refractivity contribution in [1.29, 1.82) is 0 Å². The smallest absolute Gasteiger partial charge is 0.133 e. The van der Waals surface area contributed by atoms with Gasteiger partial charge in [0.1, 0.15) is 11.6 Å². The lowest BCUT2D eigenvalue weighted by atomic mass is 9.89. The van der Waals surface area contributed by atoms with E-state index in [4.69, 9.17) is 0 Å². The molecule has 2 heterocycles. The first-order valence-electron chi connectivity index (χ1n) is 15.3. The van der Waals surface area contributed by atoms with E-state index in [-0.39, 0.29) is 0 Å². The van der Waals surface area contributed by atoms with Gasteiger partial charge in [-0.05, 0) is 53.1 Å². The molecule has 2 aromatic heterocycles. The number of hydrogen-bond acceptors (Lipinski definition) is 0. The maximum absolute atomic E-state index is 14.8. The number of halogens is 2. The molecule has 0 radical (unpaired) electrons. The van der Waals surface area contributed by atoms with Gasteiger partial charge in [-0.2, -0.15) is 0 Å². The lowest BCUT2D eigenvalue weighted by molar-refractivity contribution is 0.585. The SMILES string of the molecule is Fc1ccc(-c2ccc(-c3c4c([nH]c5ccccc54)c(-c4ccccc4)c4c5ccccc5n(-c5ccccc5)c34)cc2)c(F)c1. The van der Waals surface area contributed by atoms with E-state index in [1.54, 1.807) is 0 Å². The second-order valence-corrected chi connectivity index (χ2v) is 11.6. The molecule has 0 atom stereocenters. The number of benzene rings is 7. The molecule has 7 aromatic carbocycles. The van der Waals surface area contributed by atoms with Gasteiger partial charge >= 0.3 is 0 Å². The Labute approximate surface area is 263 Å². The highest BCUT2D eigenvalue weighted by atomic mass is 19.1. The number of nitrogens with one attached hydrogen (secondary N) is 1. The van der Waals surface area contributed by atoms with E-state index in [9.17, 15) is 8.78 Å². The molecule has 0 spiro atoms. The zero-order valence-electron chi connectivity index (χ0n) is 24.6. The first-order valence-corrected chi connectivity index (χ1v) is 15.3. The van der Waals surface area contributed by atoms with E-state index in [2.05, 4.69) is 125 Å². The number of aromatic amines is 1. The van der Waals surface area contributed by atoms with Crippen molar-refractivity contribution in [3.05, 3.63) is 163 Å². The summed E-state index contributed by atoms with van der Waals surface area (Å²) in [5.41, 5.74) is 10.9. The summed E-state index contributed by atoms with van der Waals surface area (Å²) in [7, 11) is 0. The Morgan fingerprint density at radius 1 is 0.500 bits per heavy atom. The van der Waals surface area contributed by atoms with Crippen LogP contribution in [-0.4, -0.2) is 9.55 Å². The number of H-pyrrole nitrogens is 1. The van der Waals surface area contributed by atoms with Gasteiger partial charge in [0.25, 0.3) is 0 Å². The van der Waals surface area contributed by atoms with E-state index in [0.717, 1.165) is 77.6 Å². The quantitative estimate of drug-likeness (QED) is 0.209. The zero-order chi connectivity index (χ0) is 30.8. The maximum atomic E-state index is 14.8. The molecule has 0 aliphatic carbocycles. The highest BCUT2D eigenvalue weighted by Gasteiger charge is 2.26. The van der Waals surface area contributed by atoms with Crippen LogP contribution in [0.3, 0.4) is 0 Å². The lowest BCUT2D eigenvalue weighted by Crippen LogP contribution is -1.97. The van der Waals surface area contributed by atoms with E-state index in [0.29, 0.717) is 11.1 Å². The standard InChI is InChI=1S/C42H26F2N2/c43-29-23-24-31(34(44)25-29)26-19-21-28(22-20-26)38-39-32-15-7-9-17-35(32)45-41(39)37(27-11-3-1-4-12-27)40-33-16-8-10-18-36(33)46(42(38)40)30-13-5-2-6-14-30/h1-25,45H. The van der Waals surface area contributed by atoms with E-state index in [1.165, 1.54) is 12.1 Å². The molecule has 0 aliphatic rings. The first-order chi connectivity index (χ1) is 22.7. The number of fused-ring (bicyclic) bond motifs is 6. The van der Waals surface area contributed by atoms with Crippen molar-refractivity contribution in [3.8, 4) is 39.1 Å². The molecule has 4 heteroatoms. The number of rotatable bonds is 4. The van der Waals surface area contributed by atoms with E-state index >= 15 is 0 Å². The van der Waals surface area contributed by atoms with Gasteiger partial charge in [0.05, 0.1) is 16.6 Å². The number of nitrogens with zero attached hydrogens (tertiary/aromatic N) is 1. The van der Waals surface area contributed by atoms with Crippen LogP contribution in [0.15, 0.2) is 152 Å². The molecule has 0 saturated heterocycles. The largest absolute Gasteiger partial charge is 0.354 e. The van der Waals surface area contributed by atoms with Crippen LogP contribution in [0.1, 0.15) is 0 Å². The van der Waals surface area contributed by atoms with E-state index in [1.807, 2.05) is 18.2 Å². The summed E-state index contributed by atoms with van der Waals surface area (Å²) in [6.07, 6.45) is 0. The summed E-state index contributed by atoms with van der Waals surface area (Å²) >= 11 is 0. The van der Waals surface area contributed by atoms with Crippen LogP contribution in [0.25, 0.3) is 82.7 Å². The van der Waals surface area contributed by atoms with Crippen molar-refractivity contribution in [2.45, 2.75) is 0 Å². The number of hydrogen-bond donors (Lipinski definition) is 1. The molecular weight excluding hydrogens is 570 g/mol. The molecule has 2 nitrogen and oxygen atoms in total. The van der Waals surface area contributed by atoms with Crippen molar-refractivity contribution in [1.82, 2.24) is 9.55 Å². The van der Waals surface area contributed by atoms with Crippen molar-refractivity contribution in [2.24, 2.45) is 0 Å². The molecule has 1 N–H and O–H groups in total. The Morgan fingerprint density at radius 2 is 1.13 bits per heavy atom. The van der Waals surface area contributed by atoms with Crippen LogP contribution >= 0.6 is 0 Å². The van der Waals surface area contributed by atoms with Gasteiger partial charge < -0.3 is 9.55 Å². The van der Waals surface area contributed by atoms with Gasteiger partial charge in [-0.3, -0.25) is 0 Å². The average molecular weight is 597 g/mol. The van der Waals surface area contributed by atoms with Crippen molar-refractivity contribution < 1.29 is 8.78 Å². The molecule has 0 saturated carbocycles. The summed E-state index contributed by atoms with van der Waals surface area (Å²) < 4.78 is 30.9. The predicted molar refractivity (Wildman–Crippen MR) is 186 cm³/mol. The normalized spacial score (nSPS) is 11.7. The third-order valence-corrected chi connectivity index (χ3v) is 9.06. The Hall–Kier alpha value is -6.00. The Morgan fingerprint density at radius 3 is 1.89 bits per heavy atom. The molecule has 0 fully saturated rings. The van der Waals surface area contributed by atoms with Crippen LogP contribution < -0.4 is 0 Å². The fourth-order valence-corrected chi connectivity index (χ4v) is 7.12. The van der Waals surface area contributed by atoms with Crippen molar-refractivity contribution >= 4 is 43.6 Å². The average Bonchev–Trinajstić information content (AvgIpc) is 3.65. The van der Waals surface area contributed by atoms with Gasteiger partial charge in [0, 0.05) is 55.5 Å². The molecule has 46 heavy (non-hydrogen) atoms. The van der Waals surface area contributed by atoms with Crippen molar-refractivity contribution in [3.63, 3.8) is 0 Å². The first kappa shape index (κ1) is 26.4. The van der Waals surface area contributed by atoms with Gasteiger partial charge in [0.15, 0.2) is 0 Å². The predicted octanol–water partition coefficient (Wildman–Crippen LogP) is 11.7. The molecule has 218 valence electrons. The summed E-state index contributed by atoms with van der Waals surface area (Å²) in [4.78, 5) is 3.82. The highest BCUT2D eigenvalue weighted by molar-refractivity contribution is 6.32. The molecule has 0 bridgehead atoms. The summed E-state index contributed by atoms with van der Waals surface area (Å²) in [6.45, 7) is 0. The fourth-order valence-electron chi connectivity index (χ4n) is 7.12. The van der Waals surface area contributed by atoms with Crippen molar-refractivity contribution in [2.75, 3.05) is 0 Å². The third kappa shape index (κ3) is 3.93. The summed E-state index contributed by atoms with van der Waals surface area (Å²) in [6, 6.07) is 49.8. The second-order valence-electron chi connectivity index (χ2n) is 11.6. The van der Waals surface area contributed by atoms with E-state index < -0.39 is 11.6 Å². The van der Waals surface area contributed by atoms with Crippen LogP contribution in [0.5, 0.6) is 0 Å². The number of aromatic nitrogens is 2. The van der Waals surface area contributed by atoms with Gasteiger partial charge in [-0.25, -0.2) is 8.78 Å². The molecule has 9 rings (SSSR count). The molecule has 9 aromatic rings. The summed E-state index contributed by atoms with van der Waals surface area (Å²) in [5.74, 6) is -1.17. The lowest BCUT2D eigenvalue weighted by Gasteiger charge is -2.17. The molecule has 0 amide bonds. The van der Waals surface area contributed by atoms with Crippen LogP contribution in [0, 0.1) is 11.6 Å². The van der Waals surface area contributed by atoms with Gasteiger partial charge in [-0.15, -0.1) is 0 Å². The molecule has 0 unspecified atom stereocenters. The highest BCUT2D eigenvalue weighted by Crippen LogP contribution is 2.50. The van der Waals surface area contributed by atoms with Crippen LogP contribution in [0.4, 0.5) is 8.78 Å². The number of para-hydroxylation sites is 3. The third-order valence-electron chi connectivity index (χ3n) is 9.06. The van der Waals surface area contributed by atoms with Crippen LogP contribution in [-0.2, 0) is 0 Å². The summed E-state index contributed by atoms with van der Waals surface area (Å²) in [5, 5.41) is 4.58. The monoisotopic (exact) mass is 596 g/mol.